The van der Waals surface area contributed by atoms with Gasteiger partial charge in [-0.2, -0.15) is 0 Å². The van der Waals surface area contributed by atoms with E-state index in [0.29, 0.717) is 0 Å². The van der Waals surface area contributed by atoms with Gasteiger partial charge < -0.3 is 41.7 Å². The molecule has 10 heteroatoms. The molecule has 0 spiro atoms. The number of carboxylic acid groups (broad SMARTS) is 1. The van der Waals surface area contributed by atoms with E-state index >= 15 is 0 Å². The lowest BCUT2D eigenvalue weighted by atomic mass is 9.80. The molecule has 6 atom stereocenters. The van der Waals surface area contributed by atoms with E-state index in [0.717, 1.165) is 0 Å². The Bertz CT molecular complexity index is 420. The van der Waals surface area contributed by atoms with Crippen molar-refractivity contribution in [1.82, 2.24) is 0 Å². The van der Waals surface area contributed by atoms with Crippen LogP contribution in [0.5, 0.6) is 0 Å². The molecule has 1 unspecified atom stereocenters. The lowest BCUT2D eigenvalue weighted by Crippen LogP contribution is -2.61. The number of aliphatic carboxylic acids is 1. The first-order valence-corrected chi connectivity index (χ1v) is 6.76. The van der Waals surface area contributed by atoms with Crippen molar-refractivity contribution in [3.8, 4) is 0 Å². The van der Waals surface area contributed by atoms with Crippen molar-refractivity contribution in [1.29, 1.82) is 0 Å². The highest BCUT2D eigenvalue weighted by Crippen LogP contribution is 2.35. The molecule has 0 saturated carbocycles. The number of carboxylic acids is 1. The van der Waals surface area contributed by atoms with E-state index in [2.05, 4.69) is 0 Å². The van der Waals surface area contributed by atoms with Crippen molar-refractivity contribution in [2.24, 2.45) is 17.4 Å². The molecule has 0 aliphatic carbocycles. The highest BCUT2D eigenvalue weighted by molar-refractivity contribution is 5.80. The molecule has 9 N–H and O–H groups in total. The molecule has 22 heavy (non-hydrogen) atoms. The quantitative estimate of drug-likeness (QED) is 0.243. The van der Waals surface area contributed by atoms with Gasteiger partial charge in [0.1, 0.15) is 11.9 Å². The van der Waals surface area contributed by atoms with Crippen LogP contribution in [0.4, 0.5) is 0 Å². The van der Waals surface area contributed by atoms with E-state index in [1.54, 1.807) is 0 Å². The van der Waals surface area contributed by atoms with E-state index in [-0.39, 0.29) is 19.5 Å². The van der Waals surface area contributed by atoms with Gasteiger partial charge in [-0.1, -0.05) is 0 Å². The fourth-order valence-electron chi connectivity index (χ4n) is 2.43. The summed E-state index contributed by atoms with van der Waals surface area (Å²) in [6, 6.07) is 0. The van der Waals surface area contributed by atoms with Gasteiger partial charge in [-0.25, -0.2) is 4.79 Å². The Morgan fingerprint density at radius 1 is 1.32 bits per heavy atom. The molecular weight excluding hydrogens is 300 g/mol. The van der Waals surface area contributed by atoms with Gasteiger partial charge in [-0.3, -0.25) is 4.79 Å². The smallest absolute Gasteiger partial charge is 0.364 e. The van der Waals surface area contributed by atoms with Gasteiger partial charge in [0.15, 0.2) is 0 Å². The number of ether oxygens (including phenoxy) is 1. The van der Waals surface area contributed by atoms with Crippen LogP contribution in [0.25, 0.3) is 0 Å². The molecule has 1 heterocycles. The molecule has 10 nitrogen and oxygen atoms in total. The van der Waals surface area contributed by atoms with Gasteiger partial charge in [-0.15, -0.1) is 0 Å². The molecule has 0 amide bonds. The van der Waals surface area contributed by atoms with Gasteiger partial charge in [0.05, 0.1) is 24.9 Å². The maximum absolute atomic E-state index is 11.5. The number of Topliss-reactive ketones (excluding diaryl/α,β-unsaturated/α-hetero) is 1. The van der Waals surface area contributed by atoms with Crippen molar-refractivity contribution in [2.75, 3.05) is 13.1 Å². The van der Waals surface area contributed by atoms with Crippen molar-refractivity contribution >= 4 is 11.8 Å². The zero-order chi connectivity index (χ0) is 17.1. The summed E-state index contributed by atoms with van der Waals surface area (Å²) in [4.78, 5) is 22.6. The van der Waals surface area contributed by atoms with E-state index in [1.165, 1.54) is 0 Å². The van der Waals surface area contributed by atoms with Crippen LogP contribution in [0.15, 0.2) is 0 Å². The van der Waals surface area contributed by atoms with E-state index in [9.17, 15) is 30.0 Å². The van der Waals surface area contributed by atoms with Crippen LogP contribution in [0, 0.1) is 5.92 Å². The normalized spacial score (nSPS) is 34.9. The fraction of sp³-hybridized carbons (Fsp3) is 0.833. The number of hydrogen-bond acceptors (Lipinski definition) is 9. The molecule has 0 radical (unpaired) electrons. The lowest BCUT2D eigenvalue weighted by molar-refractivity contribution is -0.303. The second kappa shape index (κ2) is 7.42. The maximum atomic E-state index is 11.5. The Morgan fingerprint density at radius 3 is 2.36 bits per heavy atom. The highest BCUT2D eigenvalue weighted by atomic mass is 16.7. The van der Waals surface area contributed by atoms with Gasteiger partial charge in [0, 0.05) is 25.3 Å². The Labute approximate surface area is 126 Å². The van der Waals surface area contributed by atoms with Crippen LogP contribution in [0.3, 0.4) is 0 Å². The van der Waals surface area contributed by atoms with Crippen LogP contribution in [-0.4, -0.2) is 80.6 Å². The molecule has 0 bridgehead atoms. The first kappa shape index (κ1) is 18.9. The van der Waals surface area contributed by atoms with Crippen molar-refractivity contribution in [2.45, 2.75) is 43.0 Å². The zero-order valence-corrected chi connectivity index (χ0v) is 11.8. The van der Waals surface area contributed by atoms with Crippen molar-refractivity contribution in [3.05, 3.63) is 0 Å². The monoisotopic (exact) mass is 322 g/mol. The van der Waals surface area contributed by atoms with Crippen LogP contribution in [-0.2, 0) is 14.3 Å². The van der Waals surface area contributed by atoms with Gasteiger partial charge in [0.2, 0.25) is 0 Å². The van der Waals surface area contributed by atoms with E-state index in [4.69, 9.17) is 21.3 Å². The first-order chi connectivity index (χ1) is 10.2. The minimum atomic E-state index is -2.73. The maximum Gasteiger partial charge on any atom is 0.364 e. The summed E-state index contributed by atoms with van der Waals surface area (Å²) in [6.45, 7) is -0.672. The van der Waals surface area contributed by atoms with Gasteiger partial charge in [0.25, 0.3) is 5.79 Å². The first-order valence-electron chi connectivity index (χ1n) is 6.76. The summed E-state index contributed by atoms with van der Waals surface area (Å²) < 4.78 is 4.99. The zero-order valence-electron chi connectivity index (χ0n) is 11.8. The van der Waals surface area contributed by atoms with Crippen LogP contribution >= 0.6 is 0 Å². The molecule has 1 fully saturated rings. The largest absolute Gasteiger partial charge is 0.477 e. The SMILES string of the molecule is NCC(=O)C[C@H]1C([C@H](O)[C@H](O)CN)O[C@@](O)(C(=O)O)C[C@H]1O. The number of carbonyl (C=O) groups excluding carboxylic acids is 1. The molecule has 1 rings (SSSR count). The number of hydrogen-bond donors (Lipinski definition) is 7. The summed E-state index contributed by atoms with van der Waals surface area (Å²) in [7, 11) is 0. The third kappa shape index (κ3) is 3.98. The minimum absolute atomic E-state index is 0.299. The van der Waals surface area contributed by atoms with E-state index < -0.39 is 54.3 Å². The van der Waals surface area contributed by atoms with Crippen LogP contribution in [0.2, 0.25) is 0 Å². The number of aliphatic hydroxyl groups is 4. The number of ketones is 1. The Morgan fingerprint density at radius 2 is 1.91 bits per heavy atom. The van der Waals surface area contributed by atoms with Crippen LogP contribution in [0.1, 0.15) is 12.8 Å². The Hall–Kier alpha value is -1.14. The summed E-state index contributed by atoms with van der Waals surface area (Å²) in [5.74, 6) is -5.98. The average Bonchev–Trinajstić information content (AvgIpc) is 2.47. The molecule has 0 aromatic carbocycles. The molecule has 0 aromatic heterocycles. The second-order valence-corrected chi connectivity index (χ2v) is 5.35. The summed E-state index contributed by atoms with van der Waals surface area (Å²) in [6.07, 6.45) is -7.11. The average molecular weight is 322 g/mol. The Balaban J connectivity index is 3.07. The predicted octanol–water partition coefficient (Wildman–Crippen LogP) is -3.88. The lowest BCUT2D eigenvalue weighted by Gasteiger charge is -2.44. The van der Waals surface area contributed by atoms with Gasteiger partial charge >= 0.3 is 5.97 Å². The third-order valence-electron chi connectivity index (χ3n) is 3.73. The molecule has 1 aliphatic heterocycles. The fourth-order valence-corrected chi connectivity index (χ4v) is 2.43. The van der Waals surface area contributed by atoms with Crippen molar-refractivity contribution < 1.29 is 39.9 Å². The molecule has 1 aliphatic rings. The van der Waals surface area contributed by atoms with E-state index in [1.807, 2.05) is 0 Å². The van der Waals surface area contributed by atoms with Crippen molar-refractivity contribution in [3.63, 3.8) is 0 Å². The molecular formula is C12H22N2O8. The van der Waals surface area contributed by atoms with Crippen LogP contribution < -0.4 is 11.5 Å². The summed E-state index contributed by atoms with van der Waals surface area (Å²) >= 11 is 0. The number of rotatable bonds is 7. The number of nitrogens with two attached hydrogens (primary N) is 2. The predicted molar refractivity (Wildman–Crippen MR) is 71.3 cm³/mol. The molecule has 0 aromatic rings. The minimum Gasteiger partial charge on any atom is -0.477 e. The standard InChI is InChI=1S/C12H22N2O8/c13-3-5(15)1-6-7(16)2-12(21,11(19)20)22-10(6)9(18)8(17)4-14/h6-10,16-18,21H,1-4,13-14H2,(H,19,20)/t6-,7-,8-,9-,10?,12-/m1/s1. The second-order valence-electron chi connectivity index (χ2n) is 5.35. The molecule has 128 valence electrons. The highest BCUT2D eigenvalue weighted by Gasteiger charge is 2.53. The topological polar surface area (TPSA) is 197 Å². The number of aliphatic hydroxyl groups excluding tert-OH is 3. The third-order valence-corrected chi connectivity index (χ3v) is 3.73. The summed E-state index contributed by atoms with van der Waals surface area (Å²) in [5, 5.41) is 48.5. The molecule has 1 saturated heterocycles. The Kier molecular flexibility index (Phi) is 6.38. The van der Waals surface area contributed by atoms with Gasteiger partial charge in [-0.05, 0) is 0 Å². The summed E-state index contributed by atoms with van der Waals surface area (Å²) in [5.41, 5.74) is 10.4. The number of carbonyl (C=O) groups is 2.